The molecule has 20 heavy (non-hydrogen) atoms. The summed E-state index contributed by atoms with van der Waals surface area (Å²) in [5.74, 6) is 0. The van der Waals surface area contributed by atoms with Crippen molar-refractivity contribution < 1.29 is 8.42 Å². The van der Waals surface area contributed by atoms with Gasteiger partial charge in [0.2, 0.25) is 10.0 Å². The molecule has 0 aromatic carbocycles. The minimum absolute atomic E-state index is 0.0921. The van der Waals surface area contributed by atoms with Gasteiger partial charge in [-0.25, -0.2) is 17.9 Å². The van der Waals surface area contributed by atoms with E-state index < -0.39 is 31.7 Å². The second kappa shape index (κ2) is 5.51. The van der Waals surface area contributed by atoms with E-state index in [-0.39, 0.29) is 6.54 Å². The molecule has 0 spiro atoms. The monoisotopic (exact) mass is 304 g/mol. The molecule has 0 amide bonds. The number of rotatable bonds is 5. The van der Waals surface area contributed by atoms with E-state index in [1.165, 1.54) is 14.1 Å². The maximum atomic E-state index is 12.3. The molecule has 1 aromatic heterocycles. The summed E-state index contributed by atoms with van der Waals surface area (Å²) in [4.78, 5) is 23.0. The number of aromatic nitrogens is 2. The molecule has 1 heterocycles. The Morgan fingerprint density at radius 2 is 1.90 bits per heavy atom. The van der Waals surface area contributed by atoms with E-state index in [9.17, 15) is 18.0 Å². The van der Waals surface area contributed by atoms with E-state index in [4.69, 9.17) is 5.73 Å². The Kier molecular flexibility index (Phi) is 4.57. The summed E-state index contributed by atoms with van der Waals surface area (Å²) in [6.07, 6.45) is 1.48. The minimum atomic E-state index is -4.06. The maximum absolute atomic E-state index is 12.3. The van der Waals surface area contributed by atoms with Crippen LogP contribution in [-0.2, 0) is 24.1 Å². The van der Waals surface area contributed by atoms with Crippen molar-refractivity contribution in [3.63, 3.8) is 0 Å². The second-order valence-corrected chi connectivity index (χ2v) is 6.63. The van der Waals surface area contributed by atoms with Crippen molar-refractivity contribution in [2.75, 3.05) is 6.54 Å². The molecule has 114 valence electrons. The standard InChI is InChI=1S/C11H20N4O4S/c1-5-11(2,7-12)13-20(18,19)8-6-14(3)10(17)15(4)9(8)16/h6,13H,5,7,12H2,1-4H3. The van der Waals surface area contributed by atoms with E-state index in [0.717, 1.165) is 15.3 Å². The van der Waals surface area contributed by atoms with Crippen LogP contribution in [0.5, 0.6) is 0 Å². The average molecular weight is 304 g/mol. The summed E-state index contributed by atoms with van der Waals surface area (Å²) in [7, 11) is -1.45. The van der Waals surface area contributed by atoms with Crippen LogP contribution >= 0.6 is 0 Å². The first-order valence-electron chi connectivity index (χ1n) is 6.08. The van der Waals surface area contributed by atoms with Crippen molar-refractivity contribution in [3.8, 4) is 0 Å². The summed E-state index contributed by atoms with van der Waals surface area (Å²) in [5.41, 5.74) is 3.25. The van der Waals surface area contributed by atoms with Crippen molar-refractivity contribution >= 4 is 10.0 Å². The van der Waals surface area contributed by atoms with Gasteiger partial charge in [0, 0.05) is 32.4 Å². The van der Waals surface area contributed by atoms with Crippen LogP contribution in [0.2, 0.25) is 0 Å². The highest BCUT2D eigenvalue weighted by atomic mass is 32.2. The molecule has 0 fully saturated rings. The van der Waals surface area contributed by atoms with Crippen LogP contribution in [-0.4, -0.2) is 29.6 Å². The van der Waals surface area contributed by atoms with Crippen molar-refractivity contribution in [3.05, 3.63) is 27.0 Å². The summed E-state index contributed by atoms with van der Waals surface area (Å²) in [5, 5.41) is 0. The molecule has 0 saturated carbocycles. The van der Waals surface area contributed by atoms with Gasteiger partial charge in [-0.05, 0) is 13.3 Å². The molecule has 3 N–H and O–H groups in total. The van der Waals surface area contributed by atoms with Gasteiger partial charge in [0.05, 0.1) is 0 Å². The van der Waals surface area contributed by atoms with Crippen LogP contribution in [0.1, 0.15) is 20.3 Å². The zero-order chi connectivity index (χ0) is 15.7. The lowest BCUT2D eigenvalue weighted by Crippen LogP contribution is -2.52. The first-order valence-corrected chi connectivity index (χ1v) is 7.57. The Hall–Kier alpha value is -1.45. The lowest BCUT2D eigenvalue weighted by molar-refractivity contribution is 0.410. The first-order chi connectivity index (χ1) is 9.08. The van der Waals surface area contributed by atoms with Gasteiger partial charge in [0.15, 0.2) is 4.90 Å². The number of nitrogens with one attached hydrogen (secondary N) is 1. The smallest absolute Gasteiger partial charge is 0.329 e. The van der Waals surface area contributed by atoms with Crippen LogP contribution in [0.4, 0.5) is 0 Å². The Morgan fingerprint density at radius 1 is 1.35 bits per heavy atom. The van der Waals surface area contributed by atoms with E-state index >= 15 is 0 Å². The van der Waals surface area contributed by atoms with Gasteiger partial charge in [0.25, 0.3) is 5.56 Å². The zero-order valence-corrected chi connectivity index (χ0v) is 12.8. The fraction of sp³-hybridized carbons (Fsp3) is 0.636. The van der Waals surface area contributed by atoms with Gasteiger partial charge in [0.1, 0.15) is 0 Å². The van der Waals surface area contributed by atoms with Crippen molar-refractivity contribution in [2.24, 2.45) is 19.8 Å². The third-order valence-electron chi connectivity index (χ3n) is 3.32. The molecule has 0 aliphatic heterocycles. The normalized spacial score (nSPS) is 15.1. The van der Waals surface area contributed by atoms with Gasteiger partial charge in [-0.2, -0.15) is 0 Å². The molecule has 9 heteroatoms. The summed E-state index contributed by atoms with van der Waals surface area (Å²) < 4.78 is 28.8. The molecular formula is C11H20N4O4S. The molecule has 0 aliphatic rings. The SMILES string of the molecule is CCC(C)(CN)NS(=O)(=O)c1cn(C)c(=O)n(C)c1=O. The molecule has 1 rings (SSSR count). The fourth-order valence-corrected chi connectivity index (χ4v) is 3.25. The van der Waals surface area contributed by atoms with Gasteiger partial charge in [-0.15, -0.1) is 0 Å². The highest BCUT2D eigenvalue weighted by Gasteiger charge is 2.30. The Morgan fingerprint density at radius 3 is 2.35 bits per heavy atom. The van der Waals surface area contributed by atoms with E-state index in [1.807, 2.05) is 0 Å². The van der Waals surface area contributed by atoms with Crippen LogP contribution in [0.3, 0.4) is 0 Å². The summed E-state index contributed by atoms with van der Waals surface area (Å²) >= 11 is 0. The minimum Gasteiger partial charge on any atom is -0.329 e. The molecule has 0 saturated heterocycles. The van der Waals surface area contributed by atoms with Crippen molar-refractivity contribution in [1.29, 1.82) is 0 Å². The quantitative estimate of drug-likeness (QED) is 0.686. The zero-order valence-electron chi connectivity index (χ0n) is 12.0. The fourth-order valence-electron chi connectivity index (χ4n) is 1.60. The lowest BCUT2D eigenvalue weighted by Gasteiger charge is -2.27. The third kappa shape index (κ3) is 3.00. The predicted molar refractivity (Wildman–Crippen MR) is 75.0 cm³/mol. The number of sulfonamides is 1. The molecule has 8 nitrogen and oxygen atoms in total. The van der Waals surface area contributed by atoms with Crippen LogP contribution < -0.4 is 21.7 Å². The maximum Gasteiger partial charge on any atom is 0.330 e. The highest BCUT2D eigenvalue weighted by Crippen LogP contribution is 2.12. The van der Waals surface area contributed by atoms with Gasteiger partial charge in [-0.3, -0.25) is 9.36 Å². The molecule has 0 radical (unpaired) electrons. The van der Waals surface area contributed by atoms with Crippen LogP contribution in [0, 0.1) is 0 Å². The number of aryl methyl sites for hydroxylation is 1. The van der Waals surface area contributed by atoms with Crippen LogP contribution in [0.15, 0.2) is 20.7 Å². The molecular weight excluding hydrogens is 284 g/mol. The topological polar surface area (TPSA) is 116 Å². The van der Waals surface area contributed by atoms with Gasteiger partial charge < -0.3 is 10.3 Å². The Bertz CT molecular complexity index is 713. The van der Waals surface area contributed by atoms with E-state index in [2.05, 4.69) is 4.72 Å². The molecule has 1 unspecified atom stereocenters. The first kappa shape index (κ1) is 16.6. The van der Waals surface area contributed by atoms with Gasteiger partial charge in [-0.1, -0.05) is 6.92 Å². The molecule has 0 aliphatic carbocycles. The number of hydrogen-bond acceptors (Lipinski definition) is 5. The third-order valence-corrected chi connectivity index (χ3v) is 4.94. The largest absolute Gasteiger partial charge is 0.330 e. The lowest BCUT2D eigenvalue weighted by atomic mass is 10.0. The molecule has 1 aromatic rings. The molecule has 0 bridgehead atoms. The average Bonchev–Trinajstić information content (AvgIpc) is 2.39. The van der Waals surface area contributed by atoms with Crippen molar-refractivity contribution in [1.82, 2.24) is 13.9 Å². The number of nitrogens with two attached hydrogens (primary N) is 1. The summed E-state index contributed by atoms with van der Waals surface area (Å²) in [6, 6.07) is 0. The van der Waals surface area contributed by atoms with E-state index in [0.29, 0.717) is 6.42 Å². The summed E-state index contributed by atoms with van der Waals surface area (Å²) in [6.45, 7) is 3.53. The highest BCUT2D eigenvalue weighted by molar-refractivity contribution is 7.89. The predicted octanol–water partition coefficient (Wildman–Crippen LogP) is -1.51. The van der Waals surface area contributed by atoms with Crippen molar-refractivity contribution in [2.45, 2.75) is 30.7 Å². The number of hydrogen-bond donors (Lipinski definition) is 2. The van der Waals surface area contributed by atoms with E-state index in [1.54, 1.807) is 13.8 Å². The van der Waals surface area contributed by atoms with Gasteiger partial charge >= 0.3 is 5.69 Å². The Labute approximate surface area is 117 Å². The molecule has 1 atom stereocenters. The Balaban J connectivity index is 3.46. The second-order valence-electron chi connectivity index (χ2n) is 4.97. The van der Waals surface area contributed by atoms with Crippen LogP contribution in [0.25, 0.3) is 0 Å². The number of nitrogens with zero attached hydrogens (tertiary/aromatic N) is 2.